The Labute approximate surface area is 118 Å². The number of allylic oxidation sites excluding steroid dienone is 1. The predicted octanol–water partition coefficient (Wildman–Crippen LogP) is 1.40. The molecule has 112 valence electrons. The molecule has 7 nitrogen and oxygen atoms in total. The van der Waals surface area contributed by atoms with Crippen molar-refractivity contribution in [1.82, 2.24) is 9.96 Å². The second-order valence-corrected chi connectivity index (χ2v) is 4.98. The number of nitrogens with zero attached hydrogens (tertiary/aromatic N) is 2. The zero-order valence-corrected chi connectivity index (χ0v) is 12.0. The minimum atomic E-state index is -0.720. The van der Waals surface area contributed by atoms with Crippen LogP contribution >= 0.6 is 0 Å². The monoisotopic (exact) mass is 284 g/mol. The molecule has 1 aliphatic carbocycles. The van der Waals surface area contributed by atoms with Gasteiger partial charge in [0.1, 0.15) is 0 Å². The van der Waals surface area contributed by atoms with Crippen molar-refractivity contribution in [1.29, 1.82) is 0 Å². The number of hydroxylamine groups is 2. The third-order valence-electron chi connectivity index (χ3n) is 3.90. The van der Waals surface area contributed by atoms with Crippen molar-refractivity contribution in [3.8, 4) is 0 Å². The molecule has 0 spiro atoms. The molecule has 2 unspecified atom stereocenters. The number of amides is 1. The van der Waals surface area contributed by atoms with Gasteiger partial charge in [0, 0.05) is 25.6 Å². The molecule has 0 aromatic rings. The first-order valence-corrected chi connectivity index (χ1v) is 6.57. The zero-order valence-electron chi connectivity index (χ0n) is 12.0. The summed E-state index contributed by atoms with van der Waals surface area (Å²) >= 11 is 0. The number of hydrogen-bond acceptors (Lipinski definition) is 6. The number of methoxy groups -OCH3 is 2. The number of hydrogen-bond donors (Lipinski definition) is 0. The molecule has 1 fully saturated rings. The van der Waals surface area contributed by atoms with Crippen molar-refractivity contribution < 1.29 is 23.9 Å². The van der Waals surface area contributed by atoms with E-state index < -0.39 is 6.16 Å². The number of rotatable bonds is 2. The van der Waals surface area contributed by atoms with Crippen LogP contribution in [0.15, 0.2) is 11.6 Å². The Kier molecular flexibility index (Phi) is 4.49. The molecule has 2 atom stereocenters. The molecule has 2 rings (SSSR count). The molecule has 1 heterocycles. The molecule has 20 heavy (non-hydrogen) atoms. The average Bonchev–Trinajstić information content (AvgIpc) is 2.87. The molecule has 1 saturated heterocycles. The maximum atomic E-state index is 11.7. The standard InChI is InChI=1S/C13H20N2O5/c1-14(12(16)18-2)11-6-4-5-9-7-15(8-10(9)11)20-13(17)19-3/h5,10-11H,4,6-8H2,1-3H3. The third kappa shape index (κ3) is 2.87. The van der Waals surface area contributed by atoms with E-state index in [1.807, 2.05) is 0 Å². The predicted molar refractivity (Wildman–Crippen MR) is 69.8 cm³/mol. The van der Waals surface area contributed by atoms with Crippen LogP contribution in [0.25, 0.3) is 0 Å². The summed E-state index contributed by atoms with van der Waals surface area (Å²) in [4.78, 5) is 29.5. The highest BCUT2D eigenvalue weighted by Crippen LogP contribution is 2.34. The molecule has 0 aromatic carbocycles. The van der Waals surface area contributed by atoms with Crippen LogP contribution in [0.1, 0.15) is 12.8 Å². The van der Waals surface area contributed by atoms with Crippen molar-refractivity contribution in [3.05, 3.63) is 11.6 Å². The highest BCUT2D eigenvalue weighted by atomic mass is 16.8. The van der Waals surface area contributed by atoms with Gasteiger partial charge in [0.2, 0.25) is 0 Å². The Hall–Kier alpha value is -1.76. The second kappa shape index (κ2) is 6.13. The van der Waals surface area contributed by atoms with Gasteiger partial charge < -0.3 is 19.2 Å². The number of carbonyl (C=O) groups is 2. The number of ether oxygens (including phenoxy) is 2. The van der Waals surface area contributed by atoms with Gasteiger partial charge in [0.25, 0.3) is 0 Å². The van der Waals surface area contributed by atoms with Crippen LogP contribution in [0.5, 0.6) is 0 Å². The smallest absolute Gasteiger partial charge is 0.453 e. The average molecular weight is 284 g/mol. The van der Waals surface area contributed by atoms with Gasteiger partial charge in [0.15, 0.2) is 0 Å². The van der Waals surface area contributed by atoms with Crippen molar-refractivity contribution >= 4 is 12.2 Å². The quantitative estimate of drug-likeness (QED) is 0.564. The first-order valence-electron chi connectivity index (χ1n) is 6.57. The molecular formula is C13H20N2O5. The molecule has 0 N–H and O–H groups in total. The minimum absolute atomic E-state index is 0.0636. The lowest BCUT2D eigenvalue weighted by atomic mass is 9.85. The van der Waals surface area contributed by atoms with Gasteiger partial charge in [0.05, 0.1) is 20.8 Å². The summed E-state index contributed by atoms with van der Waals surface area (Å²) < 4.78 is 9.26. The van der Waals surface area contributed by atoms with Crippen LogP contribution < -0.4 is 0 Å². The Morgan fingerprint density at radius 3 is 2.75 bits per heavy atom. The first kappa shape index (κ1) is 14.6. The lowest BCUT2D eigenvalue weighted by Crippen LogP contribution is -2.44. The van der Waals surface area contributed by atoms with Crippen molar-refractivity contribution in [2.24, 2.45) is 5.92 Å². The first-order chi connectivity index (χ1) is 9.56. The van der Waals surface area contributed by atoms with Gasteiger partial charge in [-0.25, -0.2) is 9.59 Å². The summed E-state index contributed by atoms with van der Waals surface area (Å²) in [6, 6.07) is 0.0636. The maximum absolute atomic E-state index is 11.7. The van der Waals surface area contributed by atoms with Crippen molar-refractivity contribution in [2.45, 2.75) is 18.9 Å². The molecule has 1 aliphatic heterocycles. The molecular weight excluding hydrogens is 264 g/mol. The van der Waals surface area contributed by atoms with E-state index in [1.165, 1.54) is 19.8 Å². The molecule has 1 amide bonds. The van der Waals surface area contributed by atoms with E-state index in [-0.39, 0.29) is 18.1 Å². The fourth-order valence-electron chi connectivity index (χ4n) is 2.90. The summed E-state index contributed by atoms with van der Waals surface area (Å²) in [5, 5.41) is 1.58. The van der Waals surface area contributed by atoms with E-state index in [1.54, 1.807) is 17.0 Å². The third-order valence-corrected chi connectivity index (χ3v) is 3.90. The van der Waals surface area contributed by atoms with Crippen LogP contribution in [0.3, 0.4) is 0 Å². The second-order valence-electron chi connectivity index (χ2n) is 4.98. The van der Waals surface area contributed by atoms with Gasteiger partial charge >= 0.3 is 12.2 Å². The van der Waals surface area contributed by atoms with Crippen molar-refractivity contribution in [3.63, 3.8) is 0 Å². The fourth-order valence-corrected chi connectivity index (χ4v) is 2.90. The minimum Gasteiger partial charge on any atom is -0.453 e. The van der Waals surface area contributed by atoms with Gasteiger partial charge in [-0.15, -0.1) is 5.06 Å². The van der Waals surface area contributed by atoms with Crippen LogP contribution in [0.2, 0.25) is 0 Å². The normalized spacial score (nSPS) is 25.4. The van der Waals surface area contributed by atoms with Gasteiger partial charge in [-0.3, -0.25) is 0 Å². The highest BCUT2D eigenvalue weighted by Gasteiger charge is 2.40. The lowest BCUT2D eigenvalue weighted by Gasteiger charge is -2.34. The highest BCUT2D eigenvalue weighted by molar-refractivity contribution is 5.67. The van der Waals surface area contributed by atoms with Gasteiger partial charge in [-0.2, -0.15) is 0 Å². The number of fused-ring (bicyclic) bond motifs is 1. The van der Waals surface area contributed by atoms with Gasteiger partial charge in [-0.05, 0) is 12.8 Å². The van der Waals surface area contributed by atoms with Gasteiger partial charge in [-0.1, -0.05) is 11.6 Å². The van der Waals surface area contributed by atoms with Crippen LogP contribution in [0, 0.1) is 5.92 Å². The Morgan fingerprint density at radius 1 is 1.35 bits per heavy atom. The number of carbonyl (C=O) groups excluding carboxylic acids is 2. The molecule has 0 radical (unpaired) electrons. The molecule has 7 heteroatoms. The van der Waals surface area contributed by atoms with E-state index >= 15 is 0 Å². The SMILES string of the molecule is COC(=O)ON1CC2=CCCC(N(C)C(=O)OC)C2C1. The molecule has 0 aromatic heterocycles. The van der Waals surface area contributed by atoms with Crippen LogP contribution in [0.4, 0.5) is 9.59 Å². The summed E-state index contributed by atoms with van der Waals surface area (Å²) in [5.41, 5.74) is 1.20. The van der Waals surface area contributed by atoms with Crippen LogP contribution in [-0.4, -0.2) is 62.6 Å². The summed E-state index contributed by atoms with van der Waals surface area (Å²) in [6.07, 6.45) is 2.88. The Morgan fingerprint density at radius 2 is 2.10 bits per heavy atom. The fraction of sp³-hybridized carbons (Fsp3) is 0.692. The maximum Gasteiger partial charge on any atom is 0.527 e. The lowest BCUT2D eigenvalue weighted by molar-refractivity contribution is -0.110. The molecule has 0 bridgehead atoms. The van der Waals surface area contributed by atoms with Crippen molar-refractivity contribution in [2.75, 3.05) is 34.4 Å². The molecule has 0 saturated carbocycles. The van der Waals surface area contributed by atoms with E-state index in [0.717, 1.165) is 12.8 Å². The summed E-state index contributed by atoms with van der Waals surface area (Å²) in [6.45, 7) is 1.12. The Balaban J connectivity index is 2.04. The largest absolute Gasteiger partial charge is 0.527 e. The summed E-state index contributed by atoms with van der Waals surface area (Å²) in [5.74, 6) is 0.164. The van der Waals surface area contributed by atoms with E-state index in [4.69, 9.17) is 9.57 Å². The van der Waals surface area contributed by atoms with E-state index in [2.05, 4.69) is 10.8 Å². The zero-order chi connectivity index (χ0) is 14.7. The topological polar surface area (TPSA) is 68.3 Å². The van der Waals surface area contributed by atoms with E-state index in [0.29, 0.717) is 13.1 Å². The van der Waals surface area contributed by atoms with Crippen LogP contribution in [-0.2, 0) is 14.3 Å². The molecule has 2 aliphatic rings. The Bertz CT molecular complexity index is 423. The van der Waals surface area contributed by atoms with E-state index in [9.17, 15) is 9.59 Å². The summed E-state index contributed by atoms with van der Waals surface area (Å²) in [7, 11) is 4.39.